The molecular formula is C29H28F3N3O4S. The highest BCUT2D eigenvalue weighted by Gasteiger charge is 2.32. The second-order valence-electron chi connectivity index (χ2n) is 9.38. The molecule has 0 saturated carbocycles. The fraction of sp³-hybridized carbons (Fsp3) is 0.276. The normalized spacial score (nSPS) is 12.4. The van der Waals surface area contributed by atoms with E-state index in [1.807, 2.05) is 6.92 Å². The molecule has 0 aliphatic rings. The molecule has 1 N–H and O–H groups in total. The summed E-state index contributed by atoms with van der Waals surface area (Å²) in [6.07, 6.45) is 1.73. The van der Waals surface area contributed by atoms with E-state index in [0.717, 1.165) is 18.6 Å². The number of unbranched alkanes of at least 4 members (excludes halogenated alkanes) is 1. The topological polar surface area (TPSA) is 102 Å². The molecule has 2 aromatic carbocycles. The fourth-order valence-corrected chi connectivity index (χ4v) is 6.07. The third-order valence-electron chi connectivity index (χ3n) is 6.65. The summed E-state index contributed by atoms with van der Waals surface area (Å²) in [5, 5.41) is 11.4. The average molecular weight is 572 g/mol. The van der Waals surface area contributed by atoms with Gasteiger partial charge in [0.15, 0.2) is 4.90 Å². The monoisotopic (exact) mass is 571 g/mol. The summed E-state index contributed by atoms with van der Waals surface area (Å²) >= 11 is 0. The number of benzene rings is 2. The minimum Gasteiger partial charge on any atom is -0.493 e. The van der Waals surface area contributed by atoms with E-state index in [4.69, 9.17) is 0 Å². The first-order chi connectivity index (χ1) is 19.0. The molecule has 0 amide bonds. The van der Waals surface area contributed by atoms with Gasteiger partial charge in [-0.1, -0.05) is 32.4 Å². The van der Waals surface area contributed by atoms with Crippen LogP contribution in [0.25, 0.3) is 11.1 Å². The first-order valence-electron chi connectivity index (χ1n) is 12.8. The van der Waals surface area contributed by atoms with Gasteiger partial charge >= 0.3 is 0 Å². The number of aryl methyl sites for hydroxylation is 2. The van der Waals surface area contributed by atoms with Crippen molar-refractivity contribution in [2.45, 2.75) is 62.3 Å². The molecule has 2 aromatic heterocycles. The van der Waals surface area contributed by atoms with E-state index in [0.29, 0.717) is 29.3 Å². The SMILES string of the molecule is CCCCc1nc(=O)c(S(=O)(=O)c2ccc(-c3ccc(F)nc3C)cc2)c(O)n1C(CC)c1cc(F)cc(F)c1. The summed E-state index contributed by atoms with van der Waals surface area (Å²) < 4.78 is 70.1. The quantitative estimate of drug-likeness (QED) is 0.251. The van der Waals surface area contributed by atoms with Crippen molar-refractivity contribution >= 4 is 9.84 Å². The first-order valence-corrected chi connectivity index (χ1v) is 14.2. The van der Waals surface area contributed by atoms with Crippen LogP contribution in [0, 0.1) is 24.5 Å². The van der Waals surface area contributed by atoms with Crippen LogP contribution in [0.15, 0.2) is 69.2 Å². The second kappa shape index (κ2) is 11.6. The van der Waals surface area contributed by atoms with Crippen molar-refractivity contribution < 1.29 is 26.7 Å². The Balaban J connectivity index is 1.87. The van der Waals surface area contributed by atoms with Gasteiger partial charge in [-0.05, 0) is 67.3 Å². The third kappa shape index (κ3) is 5.65. The maximum absolute atomic E-state index is 14.1. The summed E-state index contributed by atoms with van der Waals surface area (Å²) in [7, 11) is -4.59. The lowest BCUT2D eigenvalue weighted by molar-refractivity contribution is 0.357. The molecule has 4 aromatic rings. The maximum atomic E-state index is 14.1. The highest BCUT2D eigenvalue weighted by Crippen LogP contribution is 2.34. The molecule has 7 nitrogen and oxygen atoms in total. The Hall–Kier alpha value is -3.99. The van der Waals surface area contributed by atoms with Crippen molar-refractivity contribution in [3.05, 3.63) is 99.6 Å². The van der Waals surface area contributed by atoms with Gasteiger partial charge in [-0.25, -0.2) is 22.2 Å². The van der Waals surface area contributed by atoms with Gasteiger partial charge in [-0.3, -0.25) is 9.36 Å². The van der Waals surface area contributed by atoms with E-state index in [2.05, 4.69) is 9.97 Å². The molecule has 0 aliphatic carbocycles. The molecule has 1 atom stereocenters. The second-order valence-corrected chi connectivity index (χ2v) is 11.3. The highest BCUT2D eigenvalue weighted by molar-refractivity contribution is 7.91. The average Bonchev–Trinajstić information content (AvgIpc) is 2.88. The number of sulfone groups is 1. The van der Waals surface area contributed by atoms with Crippen LogP contribution in [0.1, 0.15) is 56.2 Å². The largest absolute Gasteiger partial charge is 0.493 e. The minimum atomic E-state index is -4.59. The van der Waals surface area contributed by atoms with E-state index < -0.39 is 49.8 Å². The molecular weight excluding hydrogens is 543 g/mol. The Morgan fingerprint density at radius 2 is 1.60 bits per heavy atom. The molecule has 0 spiro atoms. The molecule has 0 fully saturated rings. The van der Waals surface area contributed by atoms with Gasteiger partial charge in [0.2, 0.25) is 21.7 Å². The van der Waals surface area contributed by atoms with Crippen LogP contribution in [0.2, 0.25) is 0 Å². The van der Waals surface area contributed by atoms with Crippen LogP contribution in [-0.4, -0.2) is 28.1 Å². The minimum absolute atomic E-state index is 0.106. The van der Waals surface area contributed by atoms with Crippen molar-refractivity contribution in [3.63, 3.8) is 0 Å². The van der Waals surface area contributed by atoms with Gasteiger partial charge in [0.25, 0.3) is 5.56 Å². The van der Waals surface area contributed by atoms with E-state index in [1.54, 1.807) is 13.8 Å². The molecule has 0 saturated heterocycles. The maximum Gasteiger partial charge on any atom is 0.296 e. The van der Waals surface area contributed by atoms with Gasteiger partial charge in [-0.15, -0.1) is 0 Å². The third-order valence-corrected chi connectivity index (χ3v) is 8.44. The Morgan fingerprint density at radius 1 is 0.950 bits per heavy atom. The van der Waals surface area contributed by atoms with Crippen LogP contribution in [0.4, 0.5) is 13.2 Å². The molecule has 4 rings (SSSR count). The van der Waals surface area contributed by atoms with Gasteiger partial charge in [0.1, 0.15) is 17.5 Å². The van der Waals surface area contributed by atoms with E-state index in [-0.39, 0.29) is 29.1 Å². The molecule has 40 heavy (non-hydrogen) atoms. The molecule has 0 radical (unpaired) electrons. The molecule has 11 heteroatoms. The summed E-state index contributed by atoms with van der Waals surface area (Å²) in [5.74, 6) is -3.07. The number of nitrogens with zero attached hydrogens (tertiary/aromatic N) is 3. The van der Waals surface area contributed by atoms with Crippen LogP contribution in [0.3, 0.4) is 0 Å². The summed E-state index contributed by atoms with van der Waals surface area (Å²) in [4.78, 5) is 19.7. The number of aromatic nitrogens is 3. The summed E-state index contributed by atoms with van der Waals surface area (Å²) in [6.45, 7) is 5.23. The van der Waals surface area contributed by atoms with Crippen molar-refractivity contribution in [2.24, 2.45) is 0 Å². The number of pyridine rings is 1. The van der Waals surface area contributed by atoms with Crippen LogP contribution in [-0.2, 0) is 16.3 Å². The van der Waals surface area contributed by atoms with Crippen molar-refractivity contribution in [1.82, 2.24) is 14.5 Å². The van der Waals surface area contributed by atoms with Gasteiger partial charge in [-0.2, -0.15) is 9.37 Å². The Labute approximate surface area is 229 Å². The van der Waals surface area contributed by atoms with Gasteiger partial charge in [0.05, 0.1) is 10.9 Å². The number of halogens is 3. The van der Waals surface area contributed by atoms with Gasteiger partial charge < -0.3 is 5.11 Å². The van der Waals surface area contributed by atoms with Crippen LogP contribution < -0.4 is 5.56 Å². The zero-order valence-corrected chi connectivity index (χ0v) is 23.0. The lowest BCUT2D eigenvalue weighted by Crippen LogP contribution is -2.27. The number of aromatic hydroxyl groups is 1. The summed E-state index contributed by atoms with van der Waals surface area (Å²) in [6, 6.07) is 10.2. The smallest absolute Gasteiger partial charge is 0.296 e. The molecule has 210 valence electrons. The lowest BCUT2D eigenvalue weighted by Gasteiger charge is -2.25. The molecule has 1 unspecified atom stereocenters. The van der Waals surface area contributed by atoms with E-state index in [9.17, 15) is 31.5 Å². The predicted molar refractivity (Wildman–Crippen MR) is 143 cm³/mol. The number of rotatable bonds is 9. The number of hydrogen-bond acceptors (Lipinski definition) is 6. The Morgan fingerprint density at radius 3 is 2.17 bits per heavy atom. The van der Waals surface area contributed by atoms with Crippen molar-refractivity contribution in [1.29, 1.82) is 0 Å². The van der Waals surface area contributed by atoms with Crippen LogP contribution >= 0.6 is 0 Å². The van der Waals surface area contributed by atoms with Crippen molar-refractivity contribution in [3.8, 4) is 17.0 Å². The predicted octanol–water partition coefficient (Wildman–Crippen LogP) is 5.91. The van der Waals surface area contributed by atoms with Crippen molar-refractivity contribution in [2.75, 3.05) is 0 Å². The van der Waals surface area contributed by atoms with Crippen LogP contribution in [0.5, 0.6) is 5.88 Å². The number of hydrogen-bond donors (Lipinski definition) is 1. The van der Waals surface area contributed by atoms with E-state index in [1.165, 1.54) is 41.0 Å². The standard InChI is InChI=1S/C29H28F3N3O4S/c1-4-6-7-26-34-28(36)27(29(37)35(26)24(5-2)19-14-20(30)16-21(31)15-19)40(38,39)22-10-8-18(9-11-22)23-12-13-25(32)33-17(23)3/h8-16,24,37H,4-7H2,1-3H3. The van der Waals surface area contributed by atoms with Gasteiger partial charge in [0, 0.05) is 23.7 Å². The first kappa shape index (κ1) is 29.0. The highest BCUT2D eigenvalue weighted by atomic mass is 32.2. The molecule has 0 bridgehead atoms. The molecule has 2 heterocycles. The fourth-order valence-electron chi connectivity index (χ4n) is 4.72. The Bertz CT molecular complexity index is 1700. The zero-order valence-electron chi connectivity index (χ0n) is 22.2. The zero-order chi connectivity index (χ0) is 29.2. The summed E-state index contributed by atoms with van der Waals surface area (Å²) in [5.41, 5.74) is 0.572. The lowest BCUT2D eigenvalue weighted by atomic mass is 10.0. The van der Waals surface area contributed by atoms with E-state index >= 15 is 0 Å². The molecule has 0 aliphatic heterocycles. The Kier molecular flexibility index (Phi) is 8.43.